The van der Waals surface area contributed by atoms with Crippen LogP contribution in [0.25, 0.3) is 0 Å². The first-order valence-corrected chi connectivity index (χ1v) is 8.51. The first-order valence-electron chi connectivity index (χ1n) is 8.51. The summed E-state index contributed by atoms with van der Waals surface area (Å²) in [5.74, 6) is 0. The Morgan fingerprint density at radius 3 is 1.23 bits per heavy atom. The van der Waals surface area contributed by atoms with E-state index in [0.29, 0.717) is 0 Å². The fraction of sp³-hybridized carbons (Fsp3) is 0.273. The standard InChI is InChI=1S/2C11H15N.2ClH/c2*1-2-3-9-11(12)10-7-5-4-6-8-10;;/h2*2,4-8,11H,1,3,9,12H2;2*1H. The molecule has 0 spiro atoms. The van der Waals surface area contributed by atoms with Gasteiger partial charge >= 0.3 is 0 Å². The van der Waals surface area contributed by atoms with Gasteiger partial charge in [-0.2, -0.15) is 0 Å². The Labute approximate surface area is 171 Å². The molecule has 0 aliphatic carbocycles. The molecule has 2 atom stereocenters. The molecule has 4 N–H and O–H groups in total. The van der Waals surface area contributed by atoms with Crippen molar-refractivity contribution in [3.63, 3.8) is 0 Å². The third-order valence-electron chi connectivity index (χ3n) is 3.82. The summed E-state index contributed by atoms with van der Waals surface area (Å²) in [4.78, 5) is 0. The normalized spacial score (nSPS) is 11.5. The molecule has 0 saturated heterocycles. The highest BCUT2D eigenvalue weighted by Crippen LogP contribution is 2.15. The summed E-state index contributed by atoms with van der Waals surface area (Å²) in [6.45, 7) is 7.34. The molecule has 0 saturated carbocycles. The number of hydrogen-bond donors (Lipinski definition) is 2. The largest absolute Gasteiger partial charge is 0.324 e. The van der Waals surface area contributed by atoms with Crippen LogP contribution in [0.2, 0.25) is 0 Å². The van der Waals surface area contributed by atoms with Crippen LogP contribution in [0.3, 0.4) is 0 Å². The average molecular weight is 395 g/mol. The smallest absolute Gasteiger partial charge is 0.0297 e. The summed E-state index contributed by atoms with van der Waals surface area (Å²) in [7, 11) is 0. The van der Waals surface area contributed by atoms with E-state index in [1.807, 2.05) is 48.6 Å². The molecular weight excluding hydrogens is 363 g/mol. The van der Waals surface area contributed by atoms with Crippen LogP contribution in [0.15, 0.2) is 86.0 Å². The van der Waals surface area contributed by atoms with E-state index in [9.17, 15) is 0 Å². The zero-order valence-corrected chi connectivity index (χ0v) is 16.9. The number of nitrogens with two attached hydrogens (primary N) is 2. The van der Waals surface area contributed by atoms with Crippen molar-refractivity contribution in [1.82, 2.24) is 0 Å². The van der Waals surface area contributed by atoms with Gasteiger partial charge in [0.2, 0.25) is 0 Å². The van der Waals surface area contributed by atoms with E-state index in [2.05, 4.69) is 37.4 Å². The van der Waals surface area contributed by atoms with Gasteiger partial charge in [-0.25, -0.2) is 0 Å². The zero-order valence-electron chi connectivity index (χ0n) is 15.3. The summed E-state index contributed by atoms with van der Waals surface area (Å²) in [6.07, 6.45) is 7.73. The topological polar surface area (TPSA) is 52.0 Å². The lowest BCUT2D eigenvalue weighted by molar-refractivity contribution is 0.661. The summed E-state index contributed by atoms with van der Waals surface area (Å²) in [5.41, 5.74) is 14.3. The molecule has 2 unspecified atom stereocenters. The molecule has 4 heteroatoms. The molecule has 0 radical (unpaired) electrons. The summed E-state index contributed by atoms with van der Waals surface area (Å²) in [6, 6.07) is 20.6. The van der Waals surface area contributed by atoms with Gasteiger partial charge in [-0.05, 0) is 36.8 Å². The van der Waals surface area contributed by atoms with Gasteiger partial charge in [0.15, 0.2) is 0 Å². The summed E-state index contributed by atoms with van der Waals surface area (Å²) >= 11 is 0. The van der Waals surface area contributed by atoms with Crippen LogP contribution < -0.4 is 11.5 Å². The second kappa shape index (κ2) is 16.9. The number of benzene rings is 2. The predicted octanol–water partition coefficient (Wildman–Crippen LogP) is 6.15. The monoisotopic (exact) mass is 394 g/mol. The number of halogens is 2. The van der Waals surface area contributed by atoms with Crippen LogP contribution in [-0.4, -0.2) is 0 Å². The molecule has 0 heterocycles. The third kappa shape index (κ3) is 11.1. The van der Waals surface area contributed by atoms with Gasteiger partial charge in [0.05, 0.1) is 0 Å². The van der Waals surface area contributed by atoms with Crippen molar-refractivity contribution in [2.24, 2.45) is 11.5 Å². The molecule has 0 amide bonds. The molecule has 2 aromatic carbocycles. The molecule has 0 aliphatic heterocycles. The molecule has 144 valence electrons. The minimum atomic E-state index is 0. The Bertz CT molecular complexity index is 520. The molecule has 2 aromatic rings. The van der Waals surface area contributed by atoms with Gasteiger partial charge in [-0.3, -0.25) is 0 Å². The van der Waals surface area contributed by atoms with Gasteiger partial charge in [0.1, 0.15) is 0 Å². The molecule has 0 aliphatic rings. The number of hydrogen-bond acceptors (Lipinski definition) is 2. The molecular formula is C22H32Cl2N2. The maximum atomic E-state index is 5.93. The fourth-order valence-electron chi connectivity index (χ4n) is 2.33. The molecule has 26 heavy (non-hydrogen) atoms. The average Bonchev–Trinajstić information content (AvgIpc) is 2.66. The lowest BCUT2D eigenvalue weighted by Crippen LogP contribution is -2.09. The van der Waals surface area contributed by atoms with Gasteiger partial charge in [-0.1, -0.05) is 72.8 Å². The van der Waals surface area contributed by atoms with Crippen molar-refractivity contribution in [2.45, 2.75) is 37.8 Å². The molecule has 0 bridgehead atoms. The van der Waals surface area contributed by atoms with E-state index in [0.717, 1.165) is 25.7 Å². The lowest BCUT2D eigenvalue weighted by Gasteiger charge is -2.09. The van der Waals surface area contributed by atoms with Gasteiger partial charge in [0, 0.05) is 12.1 Å². The van der Waals surface area contributed by atoms with Crippen LogP contribution in [0.4, 0.5) is 0 Å². The minimum Gasteiger partial charge on any atom is -0.324 e. The third-order valence-corrected chi connectivity index (χ3v) is 3.82. The minimum absolute atomic E-state index is 0. The van der Waals surface area contributed by atoms with Crippen LogP contribution in [-0.2, 0) is 0 Å². The Hall–Kier alpha value is -1.58. The van der Waals surface area contributed by atoms with Crippen LogP contribution in [0, 0.1) is 0 Å². The summed E-state index contributed by atoms with van der Waals surface area (Å²) < 4.78 is 0. The highest BCUT2D eigenvalue weighted by atomic mass is 35.5. The SMILES string of the molecule is C=CCCC(N)c1ccccc1.C=CCCC(N)c1ccccc1.Cl.Cl. The highest BCUT2D eigenvalue weighted by molar-refractivity contribution is 5.85. The van der Waals surface area contributed by atoms with Crippen molar-refractivity contribution in [3.8, 4) is 0 Å². The summed E-state index contributed by atoms with van der Waals surface area (Å²) in [5, 5.41) is 0. The zero-order chi connectivity index (χ0) is 17.6. The van der Waals surface area contributed by atoms with Crippen LogP contribution >= 0.6 is 24.8 Å². The van der Waals surface area contributed by atoms with E-state index in [4.69, 9.17) is 11.5 Å². The van der Waals surface area contributed by atoms with Gasteiger partial charge in [-0.15, -0.1) is 38.0 Å². The van der Waals surface area contributed by atoms with Crippen LogP contribution in [0.5, 0.6) is 0 Å². The van der Waals surface area contributed by atoms with E-state index >= 15 is 0 Å². The molecule has 2 nitrogen and oxygen atoms in total. The molecule has 0 fully saturated rings. The first-order chi connectivity index (χ1) is 11.7. The predicted molar refractivity (Wildman–Crippen MR) is 120 cm³/mol. The van der Waals surface area contributed by atoms with E-state index in [-0.39, 0.29) is 36.9 Å². The van der Waals surface area contributed by atoms with E-state index in [1.165, 1.54) is 11.1 Å². The van der Waals surface area contributed by atoms with E-state index < -0.39 is 0 Å². The second-order valence-corrected chi connectivity index (χ2v) is 5.77. The Morgan fingerprint density at radius 2 is 0.962 bits per heavy atom. The van der Waals surface area contributed by atoms with Crippen molar-refractivity contribution < 1.29 is 0 Å². The quantitative estimate of drug-likeness (QED) is 0.527. The van der Waals surface area contributed by atoms with Crippen molar-refractivity contribution >= 4 is 24.8 Å². The van der Waals surface area contributed by atoms with Crippen molar-refractivity contribution in [3.05, 3.63) is 97.1 Å². The van der Waals surface area contributed by atoms with Gasteiger partial charge in [0.25, 0.3) is 0 Å². The lowest BCUT2D eigenvalue weighted by atomic mass is 10.0. The van der Waals surface area contributed by atoms with Crippen molar-refractivity contribution in [1.29, 1.82) is 0 Å². The van der Waals surface area contributed by atoms with Crippen LogP contribution in [0.1, 0.15) is 48.9 Å². The maximum Gasteiger partial charge on any atom is 0.0297 e. The number of rotatable bonds is 8. The molecule has 0 aromatic heterocycles. The maximum absolute atomic E-state index is 5.93. The second-order valence-electron chi connectivity index (χ2n) is 5.77. The number of allylic oxidation sites excluding steroid dienone is 2. The van der Waals surface area contributed by atoms with Gasteiger partial charge < -0.3 is 11.5 Å². The Kier molecular flexibility index (Phi) is 17.3. The van der Waals surface area contributed by atoms with E-state index in [1.54, 1.807) is 0 Å². The first kappa shape index (κ1) is 26.6. The Balaban J connectivity index is 0. The fourth-order valence-corrected chi connectivity index (χ4v) is 2.33. The Morgan fingerprint density at radius 1 is 0.654 bits per heavy atom. The molecule has 2 rings (SSSR count). The van der Waals surface area contributed by atoms with Crippen molar-refractivity contribution in [2.75, 3.05) is 0 Å². The highest BCUT2D eigenvalue weighted by Gasteiger charge is 2.03.